The first-order valence-corrected chi connectivity index (χ1v) is 6.01. The minimum Gasteiger partial charge on any atom is -0.312 e. The van der Waals surface area contributed by atoms with E-state index in [0.29, 0.717) is 0 Å². The maximum atomic E-state index is 4.32. The van der Waals surface area contributed by atoms with Gasteiger partial charge in [0.2, 0.25) is 0 Å². The lowest BCUT2D eigenvalue weighted by Crippen LogP contribution is -2.40. The molecule has 0 spiro atoms. The van der Waals surface area contributed by atoms with Crippen molar-refractivity contribution >= 4 is 11.3 Å². The van der Waals surface area contributed by atoms with Crippen molar-refractivity contribution in [3.8, 4) is 0 Å². The van der Waals surface area contributed by atoms with Crippen molar-refractivity contribution in [2.75, 3.05) is 19.6 Å². The highest BCUT2D eigenvalue weighted by Crippen LogP contribution is 2.21. The minimum absolute atomic E-state index is 0.0377. The zero-order chi connectivity index (χ0) is 11.1. The minimum atomic E-state index is -0.0377. The molecule has 0 radical (unpaired) electrons. The number of thiazole rings is 1. The molecule has 0 fully saturated rings. The fourth-order valence-electron chi connectivity index (χ4n) is 1.28. The molecule has 15 heavy (non-hydrogen) atoms. The smallest absolute Gasteiger partial charge is 0.112 e. The van der Waals surface area contributed by atoms with Gasteiger partial charge in [-0.15, -0.1) is 17.9 Å². The monoisotopic (exact) mass is 225 g/mol. The van der Waals surface area contributed by atoms with E-state index in [4.69, 9.17) is 0 Å². The average Bonchev–Trinajstić information content (AvgIpc) is 2.70. The first-order valence-electron chi connectivity index (χ1n) is 5.13. The van der Waals surface area contributed by atoms with Gasteiger partial charge in [0.15, 0.2) is 0 Å². The predicted molar refractivity (Wildman–Crippen MR) is 66.2 cm³/mol. The van der Waals surface area contributed by atoms with Crippen LogP contribution in [-0.2, 0) is 5.54 Å². The zero-order valence-electron chi connectivity index (χ0n) is 9.42. The van der Waals surface area contributed by atoms with Crippen molar-refractivity contribution in [3.63, 3.8) is 0 Å². The van der Waals surface area contributed by atoms with Crippen molar-refractivity contribution in [1.82, 2.24) is 15.6 Å². The Bertz CT molecular complexity index is 280. The van der Waals surface area contributed by atoms with E-state index in [9.17, 15) is 0 Å². The molecule has 0 unspecified atom stereocenters. The summed E-state index contributed by atoms with van der Waals surface area (Å²) in [5, 5.41) is 9.87. The Kier molecular flexibility index (Phi) is 4.94. The van der Waals surface area contributed by atoms with Crippen LogP contribution in [0.3, 0.4) is 0 Å². The summed E-state index contributed by atoms with van der Waals surface area (Å²) in [6.07, 6.45) is 3.71. The molecule has 84 valence electrons. The van der Waals surface area contributed by atoms with Gasteiger partial charge in [-0.2, -0.15) is 0 Å². The molecule has 1 aromatic heterocycles. The summed E-state index contributed by atoms with van der Waals surface area (Å²) in [4.78, 5) is 4.32. The third-order valence-electron chi connectivity index (χ3n) is 2.12. The van der Waals surface area contributed by atoms with E-state index < -0.39 is 0 Å². The van der Waals surface area contributed by atoms with Crippen LogP contribution in [0.5, 0.6) is 0 Å². The Labute approximate surface area is 95.6 Å². The third kappa shape index (κ3) is 4.11. The molecule has 0 aromatic carbocycles. The van der Waals surface area contributed by atoms with E-state index >= 15 is 0 Å². The molecule has 1 rings (SSSR count). The second-order valence-corrected chi connectivity index (χ2v) is 4.78. The summed E-state index contributed by atoms with van der Waals surface area (Å²) >= 11 is 1.69. The predicted octanol–water partition coefficient (Wildman–Crippen LogP) is 1.74. The van der Waals surface area contributed by atoms with Gasteiger partial charge in [0.1, 0.15) is 5.01 Å². The summed E-state index contributed by atoms with van der Waals surface area (Å²) in [5.74, 6) is 0. The molecule has 0 saturated heterocycles. The van der Waals surface area contributed by atoms with Crippen molar-refractivity contribution in [1.29, 1.82) is 0 Å². The summed E-state index contributed by atoms with van der Waals surface area (Å²) in [6, 6.07) is 0. The lowest BCUT2D eigenvalue weighted by atomic mass is 10.1. The van der Waals surface area contributed by atoms with Crippen LogP contribution in [0.15, 0.2) is 24.2 Å². The van der Waals surface area contributed by atoms with Gasteiger partial charge in [0.25, 0.3) is 0 Å². The third-order valence-corrected chi connectivity index (χ3v) is 3.22. The number of hydrogen-bond acceptors (Lipinski definition) is 4. The second kappa shape index (κ2) is 6.00. The second-order valence-electron chi connectivity index (χ2n) is 3.88. The van der Waals surface area contributed by atoms with Crippen LogP contribution in [0.25, 0.3) is 0 Å². The van der Waals surface area contributed by atoms with Crippen LogP contribution in [-0.4, -0.2) is 24.6 Å². The van der Waals surface area contributed by atoms with Gasteiger partial charge in [-0.05, 0) is 13.8 Å². The molecule has 2 N–H and O–H groups in total. The Balaban J connectivity index is 2.28. The molecular weight excluding hydrogens is 206 g/mol. The van der Waals surface area contributed by atoms with Crippen LogP contribution in [0.1, 0.15) is 18.9 Å². The highest BCUT2D eigenvalue weighted by atomic mass is 32.1. The normalized spacial score (nSPS) is 11.6. The Morgan fingerprint density at radius 2 is 2.33 bits per heavy atom. The number of nitrogens with zero attached hydrogens (tertiary/aromatic N) is 1. The largest absolute Gasteiger partial charge is 0.312 e. The maximum absolute atomic E-state index is 4.32. The van der Waals surface area contributed by atoms with Gasteiger partial charge in [-0.25, -0.2) is 4.98 Å². The fourth-order valence-corrected chi connectivity index (χ4v) is 2.01. The molecule has 0 aliphatic heterocycles. The van der Waals surface area contributed by atoms with Gasteiger partial charge < -0.3 is 10.6 Å². The Hall–Kier alpha value is -0.710. The Morgan fingerprint density at radius 1 is 1.53 bits per heavy atom. The molecule has 0 aliphatic carbocycles. The highest BCUT2D eigenvalue weighted by molar-refractivity contribution is 7.09. The van der Waals surface area contributed by atoms with E-state index in [1.54, 1.807) is 11.3 Å². The van der Waals surface area contributed by atoms with E-state index in [2.05, 4.69) is 36.0 Å². The number of nitrogens with one attached hydrogen (secondary N) is 2. The fraction of sp³-hybridized carbons (Fsp3) is 0.545. The van der Waals surface area contributed by atoms with Crippen molar-refractivity contribution in [2.24, 2.45) is 0 Å². The van der Waals surface area contributed by atoms with E-state index in [0.717, 1.165) is 24.6 Å². The molecule has 0 atom stereocenters. The molecule has 0 aliphatic rings. The van der Waals surface area contributed by atoms with E-state index in [1.807, 2.05) is 17.7 Å². The summed E-state index contributed by atoms with van der Waals surface area (Å²) in [5.41, 5.74) is -0.0377. The first-order chi connectivity index (χ1) is 7.17. The number of hydrogen-bond donors (Lipinski definition) is 2. The van der Waals surface area contributed by atoms with Gasteiger partial charge in [-0.1, -0.05) is 6.08 Å². The van der Waals surface area contributed by atoms with Crippen molar-refractivity contribution in [3.05, 3.63) is 29.2 Å². The zero-order valence-corrected chi connectivity index (χ0v) is 10.2. The SMILES string of the molecule is C=CCNCCNC(C)(C)c1nccs1. The number of rotatable bonds is 7. The Morgan fingerprint density at radius 3 is 2.93 bits per heavy atom. The molecule has 1 aromatic rings. The van der Waals surface area contributed by atoms with Crippen LogP contribution in [0.2, 0.25) is 0 Å². The van der Waals surface area contributed by atoms with E-state index in [-0.39, 0.29) is 5.54 Å². The summed E-state index contributed by atoms with van der Waals surface area (Å²) in [6.45, 7) is 10.7. The highest BCUT2D eigenvalue weighted by Gasteiger charge is 2.21. The van der Waals surface area contributed by atoms with Crippen LogP contribution in [0.4, 0.5) is 0 Å². The molecule has 0 amide bonds. The van der Waals surface area contributed by atoms with Crippen molar-refractivity contribution < 1.29 is 0 Å². The van der Waals surface area contributed by atoms with Crippen LogP contribution in [0, 0.1) is 0 Å². The molecular formula is C11H19N3S. The lowest BCUT2D eigenvalue weighted by Gasteiger charge is -2.23. The van der Waals surface area contributed by atoms with Crippen LogP contribution >= 0.6 is 11.3 Å². The molecule has 0 saturated carbocycles. The quantitative estimate of drug-likeness (QED) is 0.548. The standard InChI is InChI=1S/C11H19N3S/c1-4-5-12-6-7-14-11(2,3)10-13-8-9-15-10/h4,8-9,12,14H,1,5-7H2,2-3H3. The average molecular weight is 225 g/mol. The van der Waals surface area contributed by atoms with Gasteiger partial charge >= 0.3 is 0 Å². The van der Waals surface area contributed by atoms with Gasteiger partial charge in [0, 0.05) is 31.2 Å². The molecule has 4 heteroatoms. The topological polar surface area (TPSA) is 37.0 Å². The van der Waals surface area contributed by atoms with Gasteiger partial charge in [0.05, 0.1) is 5.54 Å². The van der Waals surface area contributed by atoms with E-state index in [1.165, 1.54) is 0 Å². The van der Waals surface area contributed by atoms with Gasteiger partial charge in [-0.3, -0.25) is 0 Å². The summed E-state index contributed by atoms with van der Waals surface area (Å²) < 4.78 is 0. The number of aromatic nitrogens is 1. The summed E-state index contributed by atoms with van der Waals surface area (Å²) in [7, 11) is 0. The molecule has 0 bridgehead atoms. The maximum Gasteiger partial charge on any atom is 0.112 e. The molecule has 3 nitrogen and oxygen atoms in total. The van der Waals surface area contributed by atoms with Crippen molar-refractivity contribution in [2.45, 2.75) is 19.4 Å². The molecule has 1 heterocycles. The lowest BCUT2D eigenvalue weighted by molar-refractivity contribution is 0.400. The van der Waals surface area contributed by atoms with Crippen LogP contribution < -0.4 is 10.6 Å². The first kappa shape index (κ1) is 12.4.